The lowest BCUT2D eigenvalue weighted by Gasteiger charge is -2.07. The number of hydrogen-bond acceptors (Lipinski definition) is 3. The first-order valence-corrected chi connectivity index (χ1v) is 5.78. The van der Waals surface area contributed by atoms with E-state index in [0.29, 0.717) is 5.75 Å². The summed E-state index contributed by atoms with van der Waals surface area (Å²) in [6.45, 7) is -1.02. The minimum atomic E-state index is -2.60. The quantitative estimate of drug-likeness (QED) is 0.841. The van der Waals surface area contributed by atoms with Crippen LogP contribution in [-0.2, 0) is 10.5 Å². The van der Waals surface area contributed by atoms with Crippen molar-refractivity contribution < 1.29 is 18.7 Å². The van der Waals surface area contributed by atoms with Crippen LogP contribution < -0.4 is 0 Å². The molecule has 0 fully saturated rings. The number of nitrogens with zero attached hydrogens (tertiary/aromatic N) is 2. The third kappa shape index (κ3) is 3.48. The molecule has 0 spiro atoms. The predicted molar refractivity (Wildman–Crippen MR) is 56.4 cm³/mol. The zero-order chi connectivity index (χ0) is 12.1. The Hall–Kier alpha value is -1.11. The van der Waals surface area contributed by atoms with E-state index in [1.165, 1.54) is 24.2 Å². The van der Waals surface area contributed by atoms with Crippen LogP contribution in [0.4, 0.5) is 8.78 Å². The van der Waals surface area contributed by atoms with Gasteiger partial charge in [-0.25, -0.2) is 4.98 Å². The third-order valence-electron chi connectivity index (χ3n) is 1.98. The molecule has 1 rings (SSSR count). The van der Waals surface area contributed by atoms with E-state index in [1.807, 2.05) is 0 Å². The summed E-state index contributed by atoms with van der Waals surface area (Å²) in [5, 5.41) is 8.63. The van der Waals surface area contributed by atoms with Crippen LogP contribution >= 0.6 is 11.8 Å². The Morgan fingerprint density at radius 2 is 2.38 bits per heavy atom. The van der Waals surface area contributed by atoms with Crippen LogP contribution in [0.2, 0.25) is 0 Å². The second kappa shape index (κ2) is 5.83. The van der Waals surface area contributed by atoms with Gasteiger partial charge in [-0.3, -0.25) is 9.36 Å². The number of thioether (sulfide) groups is 1. The summed E-state index contributed by atoms with van der Waals surface area (Å²) in [6.07, 6.45) is 2.52. The van der Waals surface area contributed by atoms with Crippen molar-refractivity contribution in [3.05, 3.63) is 18.2 Å². The van der Waals surface area contributed by atoms with Crippen molar-refractivity contribution >= 4 is 17.7 Å². The van der Waals surface area contributed by atoms with Crippen LogP contribution in [0.3, 0.4) is 0 Å². The van der Waals surface area contributed by atoms with Crippen molar-refractivity contribution in [2.45, 2.75) is 19.2 Å². The van der Waals surface area contributed by atoms with Crippen LogP contribution in [0.1, 0.15) is 19.3 Å². The Morgan fingerprint density at radius 1 is 1.69 bits per heavy atom. The second-order valence-electron chi connectivity index (χ2n) is 3.28. The molecule has 0 radical (unpaired) electrons. The number of hydrogen-bond donors (Lipinski definition) is 1. The Kier molecular flexibility index (Phi) is 4.72. The Bertz CT molecular complexity index is 357. The first-order chi connectivity index (χ1) is 7.52. The standard InChI is InChI=1S/C9H12F2N2O2S/c1-6(8(14)15)4-16-5-7-12-2-3-13(7)9(10)11/h2-3,6,9H,4-5H2,1H3,(H,14,15). The molecule has 0 aliphatic rings. The highest BCUT2D eigenvalue weighted by atomic mass is 32.2. The second-order valence-corrected chi connectivity index (χ2v) is 4.31. The van der Waals surface area contributed by atoms with Gasteiger partial charge in [-0.2, -0.15) is 20.5 Å². The van der Waals surface area contributed by atoms with Crippen LogP contribution in [0.25, 0.3) is 0 Å². The molecule has 1 aromatic heterocycles. The van der Waals surface area contributed by atoms with Gasteiger partial charge in [0.25, 0.3) is 0 Å². The number of aliphatic carboxylic acids is 1. The fourth-order valence-corrected chi connectivity index (χ4v) is 2.05. The van der Waals surface area contributed by atoms with Crippen LogP contribution in [0, 0.1) is 5.92 Å². The molecule has 1 unspecified atom stereocenters. The highest BCUT2D eigenvalue weighted by molar-refractivity contribution is 7.98. The molecule has 0 bridgehead atoms. The lowest BCUT2D eigenvalue weighted by molar-refractivity contribution is -0.140. The lowest BCUT2D eigenvalue weighted by atomic mass is 10.2. The zero-order valence-electron chi connectivity index (χ0n) is 8.64. The van der Waals surface area contributed by atoms with E-state index in [0.717, 1.165) is 4.57 Å². The molecule has 90 valence electrons. The Labute approximate surface area is 95.7 Å². The fourth-order valence-electron chi connectivity index (χ4n) is 1.03. The number of aromatic nitrogens is 2. The monoisotopic (exact) mass is 250 g/mol. The SMILES string of the molecule is CC(CSCc1nccn1C(F)F)C(=O)O. The zero-order valence-corrected chi connectivity index (χ0v) is 9.45. The van der Waals surface area contributed by atoms with Gasteiger partial charge in [0.1, 0.15) is 5.82 Å². The normalized spacial score (nSPS) is 13.0. The van der Waals surface area contributed by atoms with E-state index in [-0.39, 0.29) is 11.6 Å². The molecule has 0 aliphatic heterocycles. The number of alkyl halides is 2. The molecule has 0 aromatic carbocycles. The number of carbonyl (C=O) groups is 1. The maximum atomic E-state index is 12.4. The van der Waals surface area contributed by atoms with Crippen molar-refractivity contribution in [2.24, 2.45) is 5.92 Å². The molecular formula is C9H12F2N2O2S. The molecule has 1 atom stereocenters. The Morgan fingerprint density at radius 3 is 2.94 bits per heavy atom. The van der Waals surface area contributed by atoms with Crippen molar-refractivity contribution in [2.75, 3.05) is 5.75 Å². The summed E-state index contributed by atoms with van der Waals surface area (Å²) in [6, 6.07) is 0. The molecule has 0 saturated heterocycles. The summed E-state index contributed by atoms with van der Waals surface area (Å²) in [5.74, 6) is -0.442. The summed E-state index contributed by atoms with van der Waals surface area (Å²) in [7, 11) is 0. The van der Waals surface area contributed by atoms with Gasteiger partial charge in [0.2, 0.25) is 0 Å². The number of carboxylic acids is 1. The van der Waals surface area contributed by atoms with Gasteiger partial charge < -0.3 is 5.11 Å². The van der Waals surface area contributed by atoms with Crippen molar-refractivity contribution in [1.29, 1.82) is 0 Å². The largest absolute Gasteiger partial charge is 0.481 e. The smallest absolute Gasteiger partial charge is 0.319 e. The summed E-state index contributed by atoms with van der Waals surface area (Å²) < 4.78 is 25.6. The van der Waals surface area contributed by atoms with Crippen LogP contribution in [0.5, 0.6) is 0 Å². The number of carboxylic acid groups (broad SMARTS) is 1. The van der Waals surface area contributed by atoms with Gasteiger partial charge >= 0.3 is 12.5 Å². The maximum Gasteiger partial charge on any atom is 0.319 e. The minimum Gasteiger partial charge on any atom is -0.481 e. The molecule has 1 heterocycles. The van der Waals surface area contributed by atoms with Crippen LogP contribution in [0.15, 0.2) is 12.4 Å². The summed E-state index contributed by atoms with van der Waals surface area (Å²) >= 11 is 1.28. The van der Waals surface area contributed by atoms with Gasteiger partial charge in [0.15, 0.2) is 0 Å². The molecule has 4 nitrogen and oxygen atoms in total. The fraction of sp³-hybridized carbons (Fsp3) is 0.556. The molecular weight excluding hydrogens is 238 g/mol. The molecule has 0 amide bonds. The van der Waals surface area contributed by atoms with E-state index in [2.05, 4.69) is 4.98 Å². The van der Waals surface area contributed by atoms with E-state index in [1.54, 1.807) is 6.92 Å². The molecule has 0 aliphatic carbocycles. The van der Waals surface area contributed by atoms with E-state index in [4.69, 9.17) is 5.11 Å². The molecule has 1 aromatic rings. The summed E-state index contributed by atoms with van der Waals surface area (Å²) in [4.78, 5) is 14.3. The molecule has 7 heteroatoms. The van der Waals surface area contributed by atoms with Crippen molar-refractivity contribution in [3.63, 3.8) is 0 Å². The average molecular weight is 250 g/mol. The maximum absolute atomic E-state index is 12.4. The van der Waals surface area contributed by atoms with E-state index in [9.17, 15) is 13.6 Å². The van der Waals surface area contributed by atoms with Gasteiger partial charge in [-0.1, -0.05) is 6.92 Å². The number of rotatable bonds is 6. The number of imidazole rings is 1. The highest BCUT2D eigenvalue weighted by Crippen LogP contribution is 2.18. The first-order valence-electron chi connectivity index (χ1n) is 4.62. The van der Waals surface area contributed by atoms with Gasteiger partial charge in [-0.15, -0.1) is 0 Å². The Balaban J connectivity index is 2.43. The molecule has 1 N–H and O–H groups in total. The van der Waals surface area contributed by atoms with Crippen LogP contribution in [-0.4, -0.2) is 26.4 Å². The molecule has 0 saturated carbocycles. The average Bonchev–Trinajstić information content (AvgIpc) is 2.65. The van der Waals surface area contributed by atoms with Gasteiger partial charge in [0, 0.05) is 18.1 Å². The minimum absolute atomic E-state index is 0.262. The van der Waals surface area contributed by atoms with Gasteiger partial charge in [0.05, 0.1) is 11.7 Å². The first kappa shape index (κ1) is 13.0. The molecule has 16 heavy (non-hydrogen) atoms. The predicted octanol–water partition coefficient (Wildman–Crippen LogP) is 2.23. The summed E-state index contributed by atoms with van der Waals surface area (Å²) in [5.41, 5.74) is 0. The number of halogens is 2. The van der Waals surface area contributed by atoms with E-state index >= 15 is 0 Å². The van der Waals surface area contributed by atoms with Crippen molar-refractivity contribution in [1.82, 2.24) is 9.55 Å². The van der Waals surface area contributed by atoms with E-state index < -0.39 is 18.4 Å². The highest BCUT2D eigenvalue weighted by Gasteiger charge is 2.14. The topological polar surface area (TPSA) is 55.1 Å². The van der Waals surface area contributed by atoms with Gasteiger partial charge in [-0.05, 0) is 0 Å². The van der Waals surface area contributed by atoms with Crippen molar-refractivity contribution in [3.8, 4) is 0 Å². The lowest BCUT2D eigenvalue weighted by Crippen LogP contribution is -2.12. The third-order valence-corrected chi connectivity index (χ3v) is 3.18.